The monoisotopic (exact) mass is 277 g/mol. The summed E-state index contributed by atoms with van der Waals surface area (Å²) in [4.78, 5) is 20.4. The third-order valence-corrected chi connectivity index (χ3v) is 2.39. The van der Waals surface area contributed by atoms with Crippen LogP contribution in [0.25, 0.3) is 0 Å². The average molecular weight is 278 g/mol. The Morgan fingerprint density at radius 2 is 2.47 bits per heavy atom. The van der Waals surface area contributed by atoms with Gasteiger partial charge in [0.1, 0.15) is 12.3 Å². The number of hydrogen-bond acceptors (Lipinski definition) is 7. The minimum Gasteiger partial charge on any atom is -0.461 e. The van der Waals surface area contributed by atoms with Crippen LogP contribution in [0.15, 0.2) is 10.5 Å². The molecule has 0 aliphatic rings. The molecule has 0 saturated carbocycles. The van der Waals surface area contributed by atoms with Crippen LogP contribution in [0.3, 0.4) is 0 Å². The second-order valence-electron chi connectivity index (χ2n) is 2.75. The van der Waals surface area contributed by atoms with E-state index >= 15 is 0 Å². The van der Waals surface area contributed by atoms with Gasteiger partial charge in [0, 0.05) is 5.38 Å². The summed E-state index contributed by atoms with van der Waals surface area (Å²) < 4.78 is 4.84. The molecule has 2 N–H and O–H groups in total. The molecule has 0 aliphatic carbocycles. The number of rotatable bonds is 6. The maximum Gasteiger partial charge on any atom is 0.362 e. The van der Waals surface area contributed by atoms with Crippen LogP contribution >= 0.6 is 22.9 Å². The lowest BCUT2D eigenvalue weighted by atomic mass is 10.3. The largest absolute Gasteiger partial charge is 0.461 e. The van der Waals surface area contributed by atoms with Crippen LogP contribution in [0.5, 0.6) is 0 Å². The number of carbonyl (C=O) groups excluding carboxylic acids is 1. The summed E-state index contributed by atoms with van der Waals surface area (Å²) in [5, 5.41) is 5.61. The topological polar surface area (TPSA) is 86.8 Å². The fraction of sp³-hybridized carbons (Fsp3) is 0.444. The van der Waals surface area contributed by atoms with Gasteiger partial charge in [-0.05, 0) is 6.92 Å². The molecule has 0 radical (unpaired) electrons. The van der Waals surface area contributed by atoms with Crippen molar-refractivity contribution < 1.29 is 14.4 Å². The van der Waals surface area contributed by atoms with Crippen molar-refractivity contribution in [2.75, 3.05) is 24.8 Å². The Hall–Kier alpha value is -1.34. The molecule has 0 aromatic carbocycles. The van der Waals surface area contributed by atoms with Crippen molar-refractivity contribution in [2.24, 2.45) is 5.16 Å². The van der Waals surface area contributed by atoms with Gasteiger partial charge in [-0.2, -0.15) is 0 Å². The molecule has 0 atom stereocenters. The van der Waals surface area contributed by atoms with Crippen molar-refractivity contribution in [3.63, 3.8) is 0 Å². The lowest BCUT2D eigenvalue weighted by Gasteiger charge is -2.03. The van der Waals surface area contributed by atoms with E-state index < -0.39 is 5.97 Å². The van der Waals surface area contributed by atoms with Gasteiger partial charge in [-0.25, -0.2) is 9.78 Å². The maximum atomic E-state index is 11.6. The van der Waals surface area contributed by atoms with Gasteiger partial charge in [-0.1, -0.05) is 5.16 Å². The molecule has 0 saturated heterocycles. The number of hydrogen-bond donors (Lipinski definition) is 1. The zero-order valence-electron chi connectivity index (χ0n) is 9.18. The van der Waals surface area contributed by atoms with Gasteiger partial charge < -0.3 is 15.3 Å². The summed E-state index contributed by atoms with van der Waals surface area (Å²) in [6.07, 6.45) is 0. The first kappa shape index (κ1) is 13.7. The predicted octanol–water partition coefficient (Wildman–Crippen LogP) is 1.25. The van der Waals surface area contributed by atoms with Crippen LogP contribution in [-0.4, -0.2) is 35.8 Å². The molecule has 0 aliphatic heterocycles. The first-order valence-electron chi connectivity index (χ1n) is 4.83. The number of nitrogens with zero attached hydrogens (tertiary/aromatic N) is 2. The lowest BCUT2D eigenvalue weighted by molar-refractivity contribution is -0.135. The molecular weight excluding hydrogens is 266 g/mol. The number of halogens is 1. The molecule has 8 heteroatoms. The third-order valence-electron chi connectivity index (χ3n) is 1.56. The zero-order valence-corrected chi connectivity index (χ0v) is 10.8. The van der Waals surface area contributed by atoms with Crippen LogP contribution in [0.2, 0.25) is 0 Å². The molecule has 1 aromatic rings. The molecule has 0 fully saturated rings. The molecule has 1 heterocycles. The number of nitrogens with two attached hydrogens (primary N) is 1. The van der Waals surface area contributed by atoms with Crippen LogP contribution in [0, 0.1) is 0 Å². The number of aromatic nitrogens is 1. The van der Waals surface area contributed by atoms with Crippen molar-refractivity contribution in [3.05, 3.63) is 11.1 Å². The number of carbonyl (C=O) groups is 1. The highest BCUT2D eigenvalue weighted by Gasteiger charge is 2.19. The van der Waals surface area contributed by atoms with Crippen molar-refractivity contribution in [2.45, 2.75) is 6.92 Å². The van der Waals surface area contributed by atoms with E-state index in [2.05, 4.69) is 10.1 Å². The van der Waals surface area contributed by atoms with Crippen molar-refractivity contribution >= 4 is 39.8 Å². The van der Waals surface area contributed by atoms with Gasteiger partial charge in [0.05, 0.1) is 12.5 Å². The van der Waals surface area contributed by atoms with Gasteiger partial charge in [0.2, 0.25) is 5.71 Å². The van der Waals surface area contributed by atoms with E-state index in [4.69, 9.17) is 26.9 Å². The summed E-state index contributed by atoms with van der Waals surface area (Å²) in [7, 11) is 0. The maximum absolute atomic E-state index is 11.6. The van der Waals surface area contributed by atoms with E-state index in [0.29, 0.717) is 10.8 Å². The van der Waals surface area contributed by atoms with Crippen LogP contribution in [0.4, 0.5) is 5.13 Å². The lowest BCUT2D eigenvalue weighted by Crippen LogP contribution is -2.20. The van der Waals surface area contributed by atoms with Crippen molar-refractivity contribution in [1.29, 1.82) is 0 Å². The number of oxime groups is 1. The summed E-state index contributed by atoms with van der Waals surface area (Å²) in [5.41, 5.74) is 5.81. The van der Waals surface area contributed by atoms with E-state index in [9.17, 15) is 4.79 Å². The Morgan fingerprint density at radius 3 is 3.00 bits per heavy atom. The number of anilines is 1. The fourth-order valence-corrected chi connectivity index (χ4v) is 1.55. The Kier molecular flexibility index (Phi) is 5.71. The molecule has 1 aromatic heterocycles. The number of ether oxygens (including phenoxy) is 1. The second-order valence-corrected chi connectivity index (χ2v) is 4.02. The summed E-state index contributed by atoms with van der Waals surface area (Å²) in [6.45, 7) is 2.14. The zero-order chi connectivity index (χ0) is 12.7. The molecule has 17 heavy (non-hydrogen) atoms. The Bertz CT molecular complexity index is 408. The molecule has 0 amide bonds. The highest BCUT2D eigenvalue weighted by Crippen LogP contribution is 2.13. The van der Waals surface area contributed by atoms with E-state index in [1.807, 2.05) is 0 Å². The smallest absolute Gasteiger partial charge is 0.362 e. The molecule has 0 unspecified atom stereocenters. The SMILES string of the molecule is CCOC(=O)/C(=N\OCCCl)c1csc(N)n1. The van der Waals surface area contributed by atoms with Gasteiger partial charge >= 0.3 is 5.97 Å². The van der Waals surface area contributed by atoms with Crippen LogP contribution in [0.1, 0.15) is 12.6 Å². The van der Waals surface area contributed by atoms with Crippen LogP contribution < -0.4 is 5.73 Å². The van der Waals surface area contributed by atoms with Gasteiger partial charge in [0.15, 0.2) is 5.13 Å². The Labute approximate surface area is 107 Å². The molecule has 0 bridgehead atoms. The minimum atomic E-state index is -0.604. The molecule has 0 spiro atoms. The van der Waals surface area contributed by atoms with E-state index in [1.54, 1.807) is 12.3 Å². The fourth-order valence-electron chi connectivity index (χ4n) is 0.929. The molecule has 1 rings (SSSR count). The summed E-state index contributed by atoms with van der Waals surface area (Å²) in [6, 6.07) is 0. The molecule has 6 nitrogen and oxygen atoms in total. The number of alkyl halides is 1. The third kappa shape index (κ3) is 4.20. The number of thiazole rings is 1. The second kappa shape index (κ2) is 7.08. The predicted molar refractivity (Wildman–Crippen MR) is 66.4 cm³/mol. The Morgan fingerprint density at radius 1 is 1.71 bits per heavy atom. The first-order chi connectivity index (χ1) is 8.19. The highest BCUT2D eigenvalue weighted by atomic mass is 35.5. The molecule has 94 valence electrons. The van der Waals surface area contributed by atoms with Crippen molar-refractivity contribution in [3.8, 4) is 0 Å². The average Bonchev–Trinajstić information content (AvgIpc) is 2.71. The van der Waals surface area contributed by atoms with Crippen LogP contribution in [-0.2, 0) is 14.4 Å². The minimum absolute atomic E-state index is 0.00934. The first-order valence-corrected chi connectivity index (χ1v) is 6.24. The summed E-state index contributed by atoms with van der Waals surface area (Å²) >= 11 is 6.64. The number of nitrogen functional groups attached to an aromatic ring is 1. The van der Waals surface area contributed by atoms with Gasteiger partial charge in [-0.15, -0.1) is 22.9 Å². The molecular formula is C9H12ClN3O3S. The van der Waals surface area contributed by atoms with Gasteiger partial charge in [-0.3, -0.25) is 0 Å². The van der Waals surface area contributed by atoms with Crippen molar-refractivity contribution in [1.82, 2.24) is 4.98 Å². The normalized spacial score (nSPS) is 11.3. The number of esters is 1. The quantitative estimate of drug-likeness (QED) is 0.278. The van der Waals surface area contributed by atoms with E-state index in [1.165, 1.54) is 11.3 Å². The highest BCUT2D eigenvalue weighted by molar-refractivity contribution is 7.13. The van der Waals surface area contributed by atoms with E-state index in [0.717, 1.165) is 0 Å². The standard InChI is InChI=1S/C9H12ClN3O3S/c1-2-15-8(14)7(13-16-4-3-10)6-5-17-9(11)12-6/h5H,2-4H2,1H3,(H2,11,12)/b13-7-. The Balaban J connectivity index is 2.86. The summed E-state index contributed by atoms with van der Waals surface area (Å²) in [5.74, 6) is -0.328. The van der Waals surface area contributed by atoms with Gasteiger partial charge in [0.25, 0.3) is 0 Å². The van der Waals surface area contributed by atoms with E-state index in [-0.39, 0.29) is 24.8 Å².